The summed E-state index contributed by atoms with van der Waals surface area (Å²) in [6.07, 6.45) is 0.343. The molecule has 5 heteroatoms. The zero-order valence-electron chi connectivity index (χ0n) is 6.82. The van der Waals surface area contributed by atoms with Crippen LogP contribution >= 0.6 is 24.8 Å². The molecule has 1 rings (SSSR count). The van der Waals surface area contributed by atoms with Gasteiger partial charge in [0.25, 0.3) is 0 Å². The third kappa shape index (κ3) is 3.58. The molecule has 0 aliphatic carbocycles. The molecule has 0 saturated carbocycles. The van der Waals surface area contributed by atoms with E-state index in [1.807, 2.05) is 0 Å². The number of halogens is 2. The number of rotatable bonds is 1. The van der Waals surface area contributed by atoms with Crippen LogP contribution in [0.25, 0.3) is 0 Å². The summed E-state index contributed by atoms with van der Waals surface area (Å²) in [5.74, 6) is 6.13. The third-order valence-electron chi connectivity index (χ3n) is 1.87. The van der Waals surface area contributed by atoms with Crippen LogP contribution in [0.2, 0.25) is 0 Å². The van der Waals surface area contributed by atoms with E-state index in [0.717, 1.165) is 13.1 Å². The molecule has 3 nitrogen and oxygen atoms in total. The molecule has 0 aromatic heterocycles. The van der Waals surface area contributed by atoms with Crippen molar-refractivity contribution in [1.29, 1.82) is 0 Å². The Labute approximate surface area is 80.0 Å². The Morgan fingerprint density at radius 1 is 1.36 bits per heavy atom. The van der Waals surface area contributed by atoms with E-state index in [1.165, 1.54) is 0 Å². The molecular weight excluding hydrogens is 187 g/mol. The van der Waals surface area contributed by atoms with Gasteiger partial charge in [-0.05, 0) is 5.92 Å². The number of ether oxygens (including phenoxy) is 1. The molecule has 2 unspecified atom stereocenters. The van der Waals surface area contributed by atoms with E-state index in [0.29, 0.717) is 12.0 Å². The second kappa shape index (κ2) is 6.03. The van der Waals surface area contributed by atoms with Crippen molar-refractivity contribution in [3.63, 3.8) is 0 Å². The molecule has 11 heavy (non-hydrogen) atoms. The molecule has 70 valence electrons. The highest BCUT2D eigenvalue weighted by Gasteiger charge is 2.26. The SMILES string of the molecule is COC1CN(N)CC1C.Cl.Cl. The lowest BCUT2D eigenvalue weighted by Gasteiger charge is -2.09. The molecule has 0 spiro atoms. The number of hydrogen-bond acceptors (Lipinski definition) is 3. The van der Waals surface area contributed by atoms with Gasteiger partial charge in [-0.1, -0.05) is 6.92 Å². The standard InChI is InChI=1S/C6H14N2O.2ClH/c1-5-3-8(7)4-6(5)9-2;;/h5-6H,3-4,7H2,1-2H3;2*1H. The average Bonchev–Trinajstić information content (AvgIpc) is 2.10. The van der Waals surface area contributed by atoms with E-state index >= 15 is 0 Å². The maximum Gasteiger partial charge on any atom is 0.0750 e. The lowest BCUT2D eigenvalue weighted by atomic mass is 10.1. The van der Waals surface area contributed by atoms with Gasteiger partial charge < -0.3 is 4.74 Å². The number of nitrogens with zero attached hydrogens (tertiary/aromatic N) is 1. The third-order valence-corrected chi connectivity index (χ3v) is 1.87. The van der Waals surface area contributed by atoms with Crippen LogP contribution in [-0.2, 0) is 4.74 Å². The first-order chi connectivity index (χ1) is 4.24. The van der Waals surface area contributed by atoms with Gasteiger partial charge in [0.05, 0.1) is 6.10 Å². The van der Waals surface area contributed by atoms with Gasteiger partial charge >= 0.3 is 0 Å². The van der Waals surface area contributed by atoms with Crippen LogP contribution in [0.3, 0.4) is 0 Å². The van der Waals surface area contributed by atoms with Crippen LogP contribution in [0.4, 0.5) is 0 Å². The zero-order valence-corrected chi connectivity index (χ0v) is 8.45. The second-order valence-corrected chi connectivity index (χ2v) is 2.71. The highest BCUT2D eigenvalue weighted by Crippen LogP contribution is 2.14. The molecule has 1 aliphatic rings. The summed E-state index contributed by atoms with van der Waals surface area (Å²) < 4.78 is 5.17. The molecule has 0 amide bonds. The van der Waals surface area contributed by atoms with Crippen molar-refractivity contribution in [2.45, 2.75) is 13.0 Å². The molecule has 1 aliphatic heterocycles. The summed E-state index contributed by atoms with van der Waals surface area (Å²) in [6, 6.07) is 0. The highest BCUT2D eigenvalue weighted by molar-refractivity contribution is 5.85. The summed E-state index contributed by atoms with van der Waals surface area (Å²) in [4.78, 5) is 0. The molecule has 0 bridgehead atoms. The molecule has 0 aromatic carbocycles. The van der Waals surface area contributed by atoms with Gasteiger partial charge in [-0.3, -0.25) is 5.84 Å². The monoisotopic (exact) mass is 202 g/mol. The number of hydrogen-bond donors (Lipinski definition) is 1. The van der Waals surface area contributed by atoms with Crippen LogP contribution in [0.5, 0.6) is 0 Å². The maximum absolute atomic E-state index is 5.54. The largest absolute Gasteiger partial charge is 0.380 e. The lowest BCUT2D eigenvalue weighted by Crippen LogP contribution is -2.29. The van der Waals surface area contributed by atoms with Crippen LogP contribution in [-0.4, -0.2) is 31.3 Å². The normalized spacial score (nSPS) is 30.8. The smallest absolute Gasteiger partial charge is 0.0750 e. The molecule has 1 saturated heterocycles. The van der Waals surface area contributed by atoms with Crippen molar-refractivity contribution in [3.05, 3.63) is 0 Å². The predicted molar refractivity (Wildman–Crippen MR) is 50.2 cm³/mol. The fraction of sp³-hybridized carbons (Fsp3) is 1.00. The van der Waals surface area contributed by atoms with Gasteiger partial charge in [0, 0.05) is 20.2 Å². The fourth-order valence-electron chi connectivity index (χ4n) is 1.28. The fourth-order valence-corrected chi connectivity index (χ4v) is 1.28. The predicted octanol–water partition coefficient (Wildman–Crippen LogP) is 0.670. The van der Waals surface area contributed by atoms with Gasteiger partial charge in [-0.25, -0.2) is 5.01 Å². The first-order valence-electron chi connectivity index (χ1n) is 3.26. The Morgan fingerprint density at radius 3 is 2.09 bits per heavy atom. The van der Waals surface area contributed by atoms with E-state index in [9.17, 15) is 0 Å². The second-order valence-electron chi connectivity index (χ2n) is 2.71. The average molecular weight is 203 g/mol. The van der Waals surface area contributed by atoms with Crippen molar-refractivity contribution in [2.24, 2.45) is 11.8 Å². The van der Waals surface area contributed by atoms with Crippen molar-refractivity contribution in [2.75, 3.05) is 20.2 Å². The van der Waals surface area contributed by atoms with Gasteiger partial charge in [0.1, 0.15) is 0 Å². The number of methoxy groups -OCH3 is 1. The van der Waals surface area contributed by atoms with Crippen LogP contribution in [0.15, 0.2) is 0 Å². The van der Waals surface area contributed by atoms with E-state index in [1.54, 1.807) is 12.1 Å². The Bertz CT molecular complexity index is 105. The summed E-state index contributed by atoms with van der Waals surface area (Å²) in [7, 11) is 1.74. The lowest BCUT2D eigenvalue weighted by molar-refractivity contribution is 0.0838. The van der Waals surface area contributed by atoms with Crippen molar-refractivity contribution >= 4 is 24.8 Å². The van der Waals surface area contributed by atoms with Crippen molar-refractivity contribution in [3.8, 4) is 0 Å². The van der Waals surface area contributed by atoms with E-state index < -0.39 is 0 Å². The number of hydrazine groups is 1. The zero-order chi connectivity index (χ0) is 6.85. The Hall–Kier alpha value is 0.460. The molecule has 2 atom stereocenters. The van der Waals surface area contributed by atoms with Gasteiger partial charge in [0.2, 0.25) is 0 Å². The Kier molecular flexibility index (Phi) is 7.68. The van der Waals surface area contributed by atoms with Crippen molar-refractivity contribution < 1.29 is 4.74 Å². The van der Waals surface area contributed by atoms with E-state index in [2.05, 4.69) is 6.92 Å². The Morgan fingerprint density at radius 2 is 1.91 bits per heavy atom. The topological polar surface area (TPSA) is 38.5 Å². The van der Waals surface area contributed by atoms with Crippen LogP contribution in [0, 0.1) is 5.92 Å². The molecule has 1 heterocycles. The Balaban J connectivity index is 0. The molecular formula is C6H16Cl2N2O. The first-order valence-corrected chi connectivity index (χ1v) is 3.26. The highest BCUT2D eigenvalue weighted by atomic mass is 35.5. The summed E-state index contributed by atoms with van der Waals surface area (Å²) in [6.45, 7) is 3.98. The van der Waals surface area contributed by atoms with Crippen molar-refractivity contribution in [1.82, 2.24) is 5.01 Å². The van der Waals surface area contributed by atoms with Crippen LogP contribution in [0.1, 0.15) is 6.92 Å². The summed E-state index contributed by atoms with van der Waals surface area (Å²) in [5, 5.41) is 1.80. The van der Waals surface area contributed by atoms with E-state index in [4.69, 9.17) is 10.6 Å². The minimum absolute atomic E-state index is 0. The summed E-state index contributed by atoms with van der Waals surface area (Å²) in [5.41, 5.74) is 0. The van der Waals surface area contributed by atoms with Gasteiger partial charge in [-0.2, -0.15) is 0 Å². The van der Waals surface area contributed by atoms with E-state index in [-0.39, 0.29) is 24.8 Å². The summed E-state index contributed by atoms with van der Waals surface area (Å²) >= 11 is 0. The van der Waals surface area contributed by atoms with Gasteiger partial charge in [0.15, 0.2) is 0 Å². The van der Waals surface area contributed by atoms with Crippen LogP contribution < -0.4 is 5.84 Å². The first kappa shape index (κ1) is 14.0. The molecule has 1 fully saturated rings. The minimum atomic E-state index is 0. The quantitative estimate of drug-likeness (QED) is 0.636. The molecule has 0 radical (unpaired) electrons. The minimum Gasteiger partial charge on any atom is -0.380 e. The maximum atomic E-state index is 5.54. The number of nitrogens with two attached hydrogens (primary N) is 1. The molecule has 2 N–H and O–H groups in total. The molecule has 0 aromatic rings. The van der Waals surface area contributed by atoms with Gasteiger partial charge in [-0.15, -0.1) is 24.8 Å².